The van der Waals surface area contributed by atoms with Crippen molar-refractivity contribution in [3.8, 4) is 0 Å². The average molecular weight is 81.1 g/mol. The quantitative estimate of drug-likeness (QED) is 0.399. The zero-order valence-electron chi connectivity index (χ0n) is 3.86. The molecule has 1 aliphatic heterocycles. The van der Waals surface area contributed by atoms with Crippen molar-refractivity contribution in [2.45, 2.75) is 0 Å². The molecule has 0 aromatic rings. The molecule has 0 aromatic heterocycles. The highest BCUT2D eigenvalue weighted by molar-refractivity contribution is 4.78. The summed E-state index contributed by atoms with van der Waals surface area (Å²) >= 11 is 0. The lowest BCUT2D eigenvalue weighted by atomic mass is 10.6. The van der Waals surface area contributed by atoms with Gasteiger partial charge in [-0.2, -0.15) is 0 Å². The third-order valence-electron chi connectivity index (χ3n) is 0.823. The fraction of sp³-hybridized carbons (Fsp3) is 0.600. The first-order valence-corrected chi connectivity index (χ1v) is 2.04. The summed E-state index contributed by atoms with van der Waals surface area (Å²) in [6.45, 7) is 1.92. The SMILES string of the molecule is CN1C[C]=[C]C1. The number of hydrogen-bond acceptors (Lipinski definition) is 1. The van der Waals surface area contributed by atoms with Crippen molar-refractivity contribution in [3.05, 3.63) is 12.2 Å². The highest BCUT2D eigenvalue weighted by Crippen LogP contribution is 1.88. The Bertz CT molecular complexity index is 58.3. The molecule has 1 heterocycles. The van der Waals surface area contributed by atoms with Gasteiger partial charge in [-0.15, -0.1) is 0 Å². The fourth-order valence-electron chi connectivity index (χ4n) is 0.438. The fourth-order valence-corrected chi connectivity index (χ4v) is 0.438. The Morgan fingerprint density at radius 2 is 1.83 bits per heavy atom. The number of likely N-dealkylation sites (N-methyl/N-ethyl adjacent to an activating group) is 1. The molecular weight excluding hydrogens is 74.1 g/mol. The van der Waals surface area contributed by atoms with Crippen LogP contribution in [0.5, 0.6) is 0 Å². The summed E-state index contributed by atoms with van der Waals surface area (Å²) in [5.41, 5.74) is 0. The maximum atomic E-state index is 2.95. The normalized spacial score (nSPS) is 22.8. The Morgan fingerprint density at radius 3 is 2.00 bits per heavy atom. The first-order valence-electron chi connectivity index (χ1n) is 2.04. The Hall–Kier alpha value is -0.300. The van der Waals surface area contributed by atoms with Crippen molar-refractivity contribution >= 4 is 0 Å². The van der Waals surface area contributed by atoms with Crippen LogP contribution in [-0.4, -0.2) is 25.0 Å². The summed E-state index contributed by atoms with van der Waals surface area (Å²) in [6.07, 6.45) is 5.90. The minimum absolute atomic E-state index is 0.958. The van der Waals surface area contributed by atoms with Crippen LogP contribution in [0.1, 0.15) is 0 Å². The van der Waals surface area contributed by atoms with Crippen LogP contribution < -0.4 is 0 Å². The molecule has 0 saturated carbocycles. The number of nitrogens with zero attached hydrogens (tertiary/aromatic N) is 1. The molecule has 0 saturated heterocycles. The average Bonchev–Trinajstić information content (AvgIpc) is 1.86. The Labute approximate surface area is 38.3 Å². The molecule has 0 N–H and O–H groups in total. The predicted octanol–water partition coefficient (Wildman–Crippen LogP) is 0.0944. The van der Waals surface area contributed by atoms with E-state index in [0.29, 0.717) is 0 Å². The van der Waals surface area contributed by atoms with E-state index in [9.17, 15) is 0 Å². The molecule has 0 unspecified atom stereocenters. The van der Waals surface area contributed by atoms with Crippen LogP contribution in [0.25, 0.3) is 0 Å². The van der Waals surface area contributed by atoms with Crippen LogP contribution >= 0.6 is 0 Å². The smallest absolute Gasteiger partial charge is 0.0240 e. The third kappa shape index (κ3) is 0.601. The first kappa shape index (κ1) is 3.88. The molecule has 0 aliphatic carbocycles. The van der Waals surface area contributed by atoms with Crippen molar-refractivity contribution in [2.75, 3.05) is 20.1 Å². The summed E-state index contributed by atoms with van der Waals surface area (Å²) in [4.78, 5) is 2.14. The molecule has 1 heteroatoms. The van der Waals surface area contributed by atoms with E-state index in [1.165, 1.54) is 0 Å². The van der Waals surface area contributed by atoms with E-state index in [-0.39, 0.29) is 0 Å². The van der Waals surface area contributed by atoms with Gasteiger partial charge in [0.15, 0.2) is 0 Å². The molecule has 0 atom stereocenters. The summed E-state index contributed by atoms with van der Waals surface area (Å²) < 4.78 is 0. The topological polar surface area (TPSA) is 3.24 Å². The van der Waals surface area contributed by atoms with Crippen LogP contribution in [0.2, 0.25) is 0 Å². The van der Waals surface area contributed by atoms with Gasteiger partial charge < -0.3 is 0 Å². The van der Waals surface area contributed by atoms with E-state index >= 15 is 0 Å². The van der Waals surface area contributed by atoms with E-state index in [1.54, 1.807) is 0 Å². The molecule has 2 radical (unpaired) electrons. The van der Waals surface area contributed by atoms with Crippen LogP contribution in [0.3, 0.4) is 0 Å². The van der Waals surface area contributed by atoms with Gasteiger partial charge in [0.2, 0.25) is 0 Å². The molecule has 0 spiro atoms. The Balaban J connectivity index is 2.32. The Morgan fingerprint density at radius 1 is 1.33 bits per heavy atom. The van der Waals surface area contributed by atoms with Crippen LogP contribution in [0.4, 0.5) is 0 Å². The third-order valence-corrected chi connectivity index (χ3v) is 0.823. The van der Waals surface area contributed by atoms with Crippen LogP contribution in [0, 0.1) is 12.2 Å². The van der Waals surface area contributed by atoms with E-state index in [1.807, 2.05) is 7.05 Å². The maximum absolute atomic E-state index is 2.95. The monoisotopic (exact) mass is 81.1 g/mol. The maximum Gasteiger partial charge on any atom is 0.0240 e. The van der Waals surface area contributed by atoms with E-state index < -0.39 is 0 Å². The van der Waals surface area contributed by atoms with Gasteiger partial charge in [0.05, 0.1) is 0 Å². The van der Waals surface area contributed by atoms with E-state index in [0.717, 1.165) is 13.1 Å². The largest absolute Gasteiger partial charge is 0.298 e. The van der Waals surface area contributed by atoms with Gasteiger partial charge in [-0.3, -0.25) is 4.90 Å². The minimum Gasteiger partial charge on any atom is -0.298 e. The molecule has 1 aliphatic rings. The van der Waals surface area contributed by atoms with Gasteiger partial charge in [-0.25, -0.2) is 0 Å². The first-order chi connectivity index (χ1) is 2.89. The van der Waals surface area contributed by atoms with Crippen LogP contribution in [-0.2, 0) is 0 Å². The second-order valence-corrected chi connectivity index (χ2v) is 1.53. The molecule has 0 aromatic carbocycles. The van der Waals surface area contributed by atoms with Gasteiger partial charge >= 0.3 is 0 Å². The van der Waals surface area contributed by atoms with Crippen molar-refractivity contribution in [2.24, 2.45) is 0 Å². The summed E-state index contributed by atoms with van der Waals surface area (Å²) in [5.74, 6) is 0. The van der Waals surface area contributed by atoms with E-state index in [4.69, 9.17) is 0 Å². The highest BCUT2D eigenvalue weighted by Gasteiger charge is 1.96. The summed E-state index contributed by atoms with van der Waals surface area (Å²) in [7, 11) is 2.05. The van der Waals surface area contributed by atoms with Gasteiger partial charge in [-0.05, 0) is 19.2 Å². The molecule has 0 fully saturated rings. The van der Waals surface area contributed by atoms with Gasteiger partial charge in [0, 0.05) is 13.1 Å². The lowest BCUT2D eigenvalue weighted by Crippen LogP contribution is -2.12. The highest BCUT2D eigenvalue weighted by atomic mass is 15.1. The number of hydrogen-bond donors (Lipinski definition) is 0. The standard InChI is InChI=1S/C5H7N/c1-6-4-2-3-5-6/h4-5H2,1H3. The molecule has 1 nitrogen and oxygen atoms in total. The predicted molar refractivity (Wildman–Crippen MR) is 24.0 cm³/mol. The lowest BCUT2D eigenvalue weighted by molar-refractivity contribution is 0.429. The van der Waals surface area contributed by atoms with Crippen LogP contribution in [0.15, 0.2) is 0 Å². The van der Waals surface area contributed by atoms with Crippen molar-refractivity contribution in [1.29, 1.82) is 0 Å². The second kappa shape index (κ2) is 1.43. The molecular formula is C5H7N. The summed E-state index contributed by atoms with van der Waals surface area (Å²) in [5, 5.41) is 0. The second-order valence-electron chi connectivity index (χ2n) is 1.53. The summed E-state index contributed by atoms with van der Waals surface area (Å²) in [6, 6.07) is 0. The molecule has 32 valence electrons. The minimum atomic E-state index is 0.958. The van der Waals surface area contributed by atoms with Gasteiger partial charge in [-0.1, -0.05) is 0 Å². The van der Waals surface area contributed by atoms with E-state index in [2.05, 4.69) is 17.1 Å². The van der Waals surface area contributed by atoms with Crippen molar-refractivity contribution < 1.29 is 0 Å². The van der Waals surface area contributed by atoms with Crippen molar-refractivity contribution in [3.63, 3.8) is 0 Å². The molecule has 1 rings (SSSR count). The molecule has 0 bridgehead atoms. The Kier molecular flexibility index (Phi) is 0.926. The van der Waals surface area contributed by atoms with Gasteiger partial charge in [0.1, 0.15) is 0 Å². The zero-order chi connectivity index (χ0) is 4.41. The lowest BCUT2D eigenvalue weighted by Gasteiger charge is -2.00. The molecule has 0 amide bonds. The van der Waals surface area contributed by atoms with Gasteiger partial charge in [0.25, 0.3) is 0 Å². The number of rotatable bonds is 0. The van der Waals surface area contributed by atoms with Crippen molar-refractivity contribution in [1.82, 2.24) is 4.90 Å². The molecule has 6 heavy (non-hydrogen) atoms. The zero-order valence-corrected chi connectivity index (χ0v) is 3.86.